The van der Waals surface area contributed by atoms with Gasteiger partial charge in [0.25, 0.3) is 5.91 Å². The van der Waals surface area contributed by atoms with Crippen molar-refractivity contribution in [3.8, 4) is 0 Å². The Morgan fingerprint density at radius 1 is 1.25 bits per heavy atom. The quantitative estimate of drug-likeness (QED) is 0.877. The molecule has 1 atom stereocenters. The highest BCUT2D eigenvalue weighted by molar-refractivity contribution is 6.31. The number of nitrogens with zero attached hydrogens (tertiary/aromatic N) is 2. The predicted molar refractivity (Wildman–Crippen MR) is 92.3 cm³/mol. The lowest BCUT2D eigenvalue weighted by atomic mass is 10.0. The molecule has 0 radical (unpaired) electrons. The van der Waals surface area contributed by atoms with E-state index in [1.165, 1.54) is 0 Å². The van der Waals surface area contributed by atoms with Crippen LogP contribution in [0.15, 0.2) is 24.3 Å². The number of carbonyl (C=O) groups is 2. The van der Waals surface area contributed by atoms with Crippen molar-refractivity contribution in [2.75, 3.05) is 26.2 Å². The van der Waals surface area contributed by atoms with Gasteiger partial charge in [-0.1, -0.05) is 17.7 Å². The van der Waals surface area contributed by atoms with Crippen LogP contribution in [0.3, 0.4) is 0 Å². The number of carbonyl (C=O) groups excluding carboxylic acids is 2. The molecule has 2 aromatic rings. The van der Waals surface area contributed by atoms with Gasteiger partial charge in [0.05, 0.1) is 6.04 Å². The number of urea groups is 1. The Balaban J connectivity index is 1.53. The summed E-state index contributed by atoms with van der Waals surface area (Å²) in [5.41, 5.74) is 1.43. The molecule has 0 spiro atoms. The summed E-state index contributed by atoms with van der Waals surface area (Å²) in [7, 11) is 0. The van der Waals surface area contributed by atoms with E-state index in [-0.39, 0.29) is 18.0 Å². The largest absolute Gasteiger partial charge is 0.350 e. The highest BCUT2D eigenvalue weighted by Crippen LogP contribution is 2.23. The molecule has 3 heterocycles. The third kappa shape index (κ3) is 2.71. The Kier molecular flexibility index (Phi) is 3.84. The summed E-state index contributed by atoms with van der Waals surface area (Å²) >= 11 is 6.00. The van der Waals surface area contributed by atoms with E-state index in [0.29, 0.717) is 23.8 Å². The molecule has 24 heavy (non-hydrogen) atoms. The van der Waals surface area contributed by atoms with E-state index in [1.54, 1.807) is 0 Å². The second-order valence-corrected chi connectivity index (χ2v) is 6.82. The third-order valence-electron chi connectivity index (χ3n) is 4.83. The van der Waals surface area contributed by atoms with Gasteiger partial charge in [-0.15, -0.1) is 0 Å². The van der Waals surface area contributed by atoms with Gasteiger partial charge >= 0.3 is 6.03 Å². The number of aromatic amines is 1. The van der Waals surface area contributed by atoms with Gasteiger partial charge in [0.2, 0.25) is 0 Å². The highest BCUT2D eigenvalue weighted by Gasteiger charge is 2.33. The molecule has 4 rings (SSSR count). The Morgan fingerprint density at radius 3 is 2.92 bits per heavy atom. The zero-order chi connectivity index (χ0) is 16.7. The Hall–Kier alpha value is -2.21. The number of piperidine rings is 1. The fourth-order valence-corrected chi connectivity index (χ4v) is 3.79. The molecule has 2 fully saturated rings. The van der Waals surface area contributed by atoms with Crippen molar-refractivity contribution >= 4 is 34.4 Å². The monoisotopic (exact) mass is 346 g/mol. The minimum Gasteiger partial charge on any atom is -0.350 e. The smallest absolute Gasteiger partial charge is 0.317 e. The molecule has 2 N–H and O–H groups in total. The lowest BCUT2D eigenvalue weighted by molar-refractivity contribution is 0.0629. The lowest BCUT2D eigenvalue weighted by Gasteiger charge is -2.36. The molecule has 6 nitrogen and oxygen atoms in total. The van der Waals surface area contributed by atoms with Crippen molar-refractivity contribution in [3.63, 3.8) is 0 Å². The van der Waals surface area contributed by atoms with Crippen LogP contribution in [0.25, 0.3) is 10.9 Å². The number of hydrogen-bond acceptors (Lipinski definition) is 2. The molecule has 2 aliphatic rings. The van der Waals surface area contributed by atoms with Crippen molar-refractivity contribution in [1.82, 2.24) is 20.1 Å². The van der Waals surface area contributed by atoms with E-state index in [0.717, 1.165) is 36.8 Å². The van der Waals surface area contributed by atoms with Crippen LogP contribution in [0, 0.1) is 0 Å². The molecule has 1 unspecified atom stereocenters. The molecule has 1 aromatic heterocycles. The number of fused-ring (bicyclic) bond motifs is 1. The van der Waals surface area contributed by atoms with Gasteiger partial charge in [-0.05, 0) is 31.0 Å². The van der Waals surface area contributed by atoms with Crippen molar-refractivity contribution in [1.29, 1.82) is 0 Å². The SMILES string of the molecule is O=C(c1cc2ccc(Cl)cc2[nH]1)N1CCCC(N2CCNC2=O)C1. The van der Waals surface area contributed by atoms with Gasteiger partial charge < -0.3 is 20.1 Å². The average Bonchev–Trinajstić information content (AvgIpc) is 3.20. The van der Waals surface area contributed by atoms with E-state index < -0.39 is 0 Å². The molecule has 2 aliphatic heterocycles. The lowest BCUT2D eigenvalue weighted by Crippen LogP contribution is -2.50. The number of likely N-dealkylation sites (tertiary alicyclic amines) is 1. The van der Waals surface area contributed by atoms with E-state index >= 15 is 0 Å². The minimum atomic E-state index is -0.0216. The first-order valence-corrected chi connectivity index (χ1v) is 8.61. The number of benzene rings is 1. The van der Waals surface area contributed by atoms with Gasteiger partial charge in [0.1, 0.15) is 5.69 Å². The molecule has 2 saturated heterocycles. The van der Waals surface area contributed by atoms with Crippen molar-refractivity contribution in [2.45, 2.75) is 18.9 Å². The predicted octanol–water partition coefficient (Wildman–Crippen LogP) is 2.45. The molecule has 3 amide bonds. The summed E-state index contributed by atoms with van der Waals surface area (Å²) in [6.07, 6.45) is 1.85. The maximum atomic E-state index is 12.8. The second kappa shape index (κ2) is 6.02. The van der Waals surface area contributed by atoms with Crippen molar-refractivity contribution < 1.29 is 9.59 Å². The number of amides is 3. The van der Waals surface area contributed by atoms with E-state index in [9.17, 15) is 9.59 Å². The van der Waals surface area contributed by atoms with Crippen LogP contribution in [-0.2, 0) is 0 Å². The molecule has 0 aliphatic carbocycles. The number of rotatable bonds is 2. The van der Waals surface area contributed by atoms with Crippen LogP contribution in [0.1, 0.15) is 23.3 Å². The number of H-pyrrole nitrogens is 1. The maximum Gasteiger partial charge on any atom is 0.317 e. The zero-order valence-corrected chi connectivity index (χ0v) is 14.0. The van der Waals surface area contributed by atoms with Gasteiger partial charge in [-0.25, -0.2) is 4.79 Å². The summed E-state index contributed by atoms with van der Waals surface area (Å²) in [5, 5.41) is 4.44. The normalized spacial score (nSPS) is 21.4. The number of halogens is 1. The van der Waals surface area contributed by atoms with Crippen LogP contribution in [0.4, 0.5) is 4.79 Å². The molecular formula is C17H19ClN4O2. The minimum absolute atomic E-state index is 0.0189. The summed E-state index contributed by atoms with van der Waals surface area (Å²) in [6.45, 7) is 2.71. The van der Waals surface area contributed by atoms with Gasteiger partial charge in [0, 0.05) is 42.1 Å². The second-order valence-electron chi connectivity index (χ2n) is 6.39. The van der Waals surface area contributed by atoms with Gasteiger partial charge in [0.15, 0.2) is 0 Å². The fourth-order valence-electron chi connectivity index (χ4n) is 3.61. The maximum absolute atomic E-state index is 12.8. The van der Waals surface area contributed by atoms with Crippen LogP contribution in [0.2, 0.25) is 5.02 Å². The first-order chi connectivity index (χ1) is 11.6. The van der Waals surface area contributed by atoms with Crippen molar-refractivity contribution in [3.05, 3.63) is 35.0 Å². The van der Waals surface area contributed by atoms with Crippen LogP contribution < -0.4 is 5.32 Å². The number of hydrogen-bond donors (Lipinski definition) is 2. The summed E-state index contributed by atoms with van der Waals surface area (Å²) < 4.78 is 0. The average molecular weight is 347 g/mol. The molecule has 0 saturated carbocycles. The molecule has 7 heteroatoms. The van der Waals surface area contributed by atoms with Crippen LogP contribution in [0.5, 0.6) is 0 Å². The molecule has 0 bridgehead atoms. The number of nitrogens with one attached hydrogen (secondary N) is 2. The molecule has 126 valence electrons. The third-order valence-corrected chi connectivity index (χ3v) is 5.06. The summed E-state index contributed by atoms with van der Waals surface area (Å²) in [6, 6.07) is 7.48. The summed E-state index contributed by atoms with van der Waals surface area (Å²) in [5.74, 6) is -0.0216. The molecule has 1 aromatic carbocycles. The van der Waals surface area contributed by atoms with Gasteiger partial charge in [-0.3, -0.25) is 4.79 Å². The molecular weight excluding hydrogens is 328 g/mol. The Morgan fingerprint density at radius 2 is 2.12 bits per heavy atom. The Labute approximate surface area is 144 Å². The van der Waals surface area contributed by atoms with Crippen molar-refractivity contribution in [2.24, 2.45) is 0 Å². The van der Waals surface area contributed by atoms with E-state index in [1.807, 2.05) is 34.1 Å². The first kappa shape index (κ1) is 15.3. The standard InChI is InChI=1S/C17H19ClN4O2/c18-12-4-3-11-8-15(20-14(11)9-12)16(23)21-6-1-2-13(10-21)22-7-5-19-17(22)24/h3-4,8-9,13,20H,1-2,5-7,10H2,(H,19,24). The topological polar surface area (TPSA) is 68.4 Å². The summed E-state index contributed by atoms with van der Waals surface area (Å²) in [4.78, 5) is 31.6. The first-order valence-electron chi connectivity index (χ1n) is 8.24. The highest BCUT2D eigenvalue weighted by atomic mass is 35.5. The van der Waals surface area contributed by atoms with Crippen LogP contribution in [-0.4, -0.2) is 58.9 Å². The van der Waals surface area contributed by atoms with Gasteiger partial charge in [-0.2, -0.15) is 0 Å². The van der Waals surface area contributed by atoms with E-state index in [2.05, 4.69) is 10.3 Å². The zero-order valence-electron chi connectivity index (χ0n) is 13.2. The van der Waals surface area contributed by atoms with E-state index in [4.69, 9.17) is 11.6 Å². The number of aromatic nitrogens is 1. The van der Waals surface area contributed by atoms with Crippen LogP contribution >= 0.6 is 11.6 Å². The Bertz CT molecular complexity index is 803. The fraction of sp³-hybridized carbons (Fsp3) is 0.412.